The maximum Gasteiger partial charge on any atom is 0.0543 e. The zero-order valence-electron chi connectivity index (χ0n) is 10.2. The van der Waals surface area contributed by atoms with Crippen LogP contribution in [-0.4, -0.2) is 26.3 Å². The molecule has 1 aromatic carbocycles. The summed E-state index contributed by atoms with van der Waals surface area (Å²) in [4.78, 5) is 0. The first kappa shape index (κ1) is 11.6. The van der Waals surface area contributed by atoms with Crippen LogP contribution in [0.2, 0.25) is 0 Å². The molecule has 1 fully saturated rings. The number of benzene rings is 1. The van der Waals surface area contributed by atoms with Crippen LogP contribution in [0.15, 0.2) is 24.3 Å². The van der Waals surface area contributed by atoms with Crippen molar-refractivity contribution in [1.29, 1.82) is 0 Å². The summed E-state index contributed by atoms with van der Waals surface area (Å²) in [7, 11) is 1.78. The number of nitrogens with one attached hydrogen (secondary N) is 1. The smallest absolute Gasteiger partial charge is 0.0543 e. The van der Waals surface area contributed by atoms with Gasteiger partial charge in [-0.05, 0) is 25.3 Å². The summed E-state index contributed by atoms with van der Waals surface area (Å²) < 4.78 is 5.31. The van der Waals surface area contributed by atoms with E-state index in [1.807, 2.05) is 0 Å². The van der Waals surface area contributed by atoms with Crippen molar-refractivity contribution in [3.05, 3.63) is 35.4 Å². The van der Waals surface area contributed by atoms with Crippen molar-refractivity contribution in [1.82, 2.24) is 5.32 Å². The molecule has 1 N–H and O–H groups in total. The minimum absolute atomic E-state index is 0.477. The van der Waals surface area contributed by atoms with Crippen LogP contribution in [0.1, 0.15) is 29.9 Å². The Morgan fingerprint density at radius 1 is 1.44 bits per heavy atom. The zero-order valence-corrected chi connectivity index (χ0v) is 10.2. The fourth-order valence-electron chi connectivity index (χ4n) is 1.99. The lowest BCUT2D eigenvalue weighted by molar-refractivity contribution is 0.177. The van der Waals surface area contributed by atoms with Crippen molar-refractivity contribution in [2.24, 2.45) is 0 Å². The maximum atomic E-state index is 5.31. The molecule has 0 aliphatic heterocycles. The molecule has 1 aliphatic carbocycles. The highest BCUT2D eigenvalue weighted by atomic mass is 16.5. The predicted octanol–water partition coefficient (Wildman–Crippen LogP) is 2.48. The molecule has 1 aromatic rings. The first-order chi connectivity index (χ1) is 7.79. The van der Waals surface area contributed by atoms with Crippen LogP contribution >= 0.6 is 0 Å². The minimum Gasteiger partial charge on any atom is -0.384 e. The van der Waals surface area contributed by atoms with Crippen molar-refractivity contribution >= 4 is 0 Å². The van der Waals surface area contributed by atoms with Crippen molar-refractivity contribution in [2.75, 3.05) is 20.3 Å². The molecule has 88 valence electrons. The van der Waals surface area contributed by atoms with Crippen molar-refractivity contribution in [2.45, 2.75) is 31.7 Å². The van der Waals surface area contributed by atoms with Crippen LogP contribution < -0.4 is 5.32 Å². The molecule has 2 rings (SSSR count). The Hall–Kier alpha value is -0.860. The lowest BCUT2D eigenvalue weighted by Gasteiger charge is -2.17. The van der Waals surface area contributed by atoms with Gasteiger partial charge in [0, 0.05) is 25.6 Å². The second-order valence-electron chi connectivity index (χ2n) is 4.75. The van der Waals surface area contributed by atoms with Gasteiger partial charge < -0.3 is 10.1 Å². The van der Waals surface area contributed by atoms with Crippen LogP contribution in [0.5, 0.6) is 0 Å². The van der Waals surface area contributed by atoms with E-state index in [2.05, 4.69) is 36.5 Å². The minimum atomic E-state index is 0.477. The van der Waals surface area contributed by atoms with Crippen LogP contribution in [0, 0.1) is 6.92 Å². The number of rotatable bonds is 6. The standard InChI is InChI=1S/C14H21NO/c1-11-4-3-5-12(8-11)13(10-16-2)9-15-14-6-7-14/h3-5,8,13-15H,6-7,9-10H2,1-2H3. The second kappa shape index (κ2) is 5.46. The molecule has 2 heteroatoms. The summed E-state index contributed by atoms with van der Waals surface area (Å²) in [6.45, 7) is 3.97. The van der Waals surface area contributed by atoms with Gasteiger partial charge in [0.2, 0.25) is 0 Å². The van der Waals surface area contributed by atoms with Crippen molar-refractivity contribution < 1.29 is 4.74 Å². The molecule has 16 heavy (non-hydrogen) atoms. The Morgan fingerprint density at radius 2 is 2.25 bits per heavy atom. The average Bonchev–Trinajstić information content (AvgIpc) is 3.08. The highest BCUT2D eigenvalue weighted by Crippen LogP contribution is 2.22. The molecular formula is C14H21NO. The maximum absolute atomic E-state index is 5.31. The molecule has 1 unspecified atom stereocenters. The number of aryl methyl sites for hydroxylation is 1. The van der Waals surface area contributed by atoms with Crippen molar-refractivity contribution in [3.63, 3.8) is 0 Å². The van der Waals surface area contributed by atoms with Gasteiger partial charge >= 0.3 is 0 Å². The van der Waals surface area contributed by atoms with E-state index in [1.165, 1.54) is 24.0 Å². The lowest BCUT2D eigenvalue weighted by atomic mass is 9.98. The molecule has 0 aromatic heterocycles. The van der Waals surface area contributed by atoms with E-state index in [-0.39, 0.29) is 0 Å². The highest BCUT2D eigenvalue weighted by Gasteiger charge is 2.22. The monoisotopic (exact) mass is 219 g/mol. The third kappa shape index (κ3) is 3.32. The van der Waals surface area contributed by atoms with E-state index in [4.69, 9.17) is 4.74 Å². The van der Waals surface area contributed by atoms with Gasteiger partial charge in [-0.3, -0.25) is 0 Å². The Balaban J connectivity index is 1.98. The van der Waals surface area contributed by atoms with E-state index in [0.717, 1.165) is 19.2 Å². The summed E-state index contributed by atoms with van der Waals surface area (Å²) in [5, 5.41) is 3.58. The number of ether oxygens (including phenoxy) is 1. The summed E-state index contributed by atoms with van der Waals surface area (Å²) in [5.41, 5.74) is 2.71. The molecule has 1 aliphatic rings. The third-order valence-electron chi connectivity index (χ3n) is 3.11. The number of hydrogen-bond acceptors (Lipinski definition) is 2. The van der Waals surface area contributed by atoms with E-state index >= 15 is 0 Å². The average molecular weight is 219 g/mol. The topological polar surface area (TPSA) is 21.3 Å². The lowest BCUT2D eigenvalue weighted by Crippen LogP contribution is -2.26. The van der Waals surface area contributed by atoms with Gasteiger partial charge in [0.05, 0.1) is 6.61 Å². The fourth-order valence-corrected chi connectivity index (χ4v) is 1.99. The summed E-state index contributed by atoms with van der Waals surface area (Å²) in [5.74, 6) is 0.477. The van der Waals surface area contributed by atoms with Gasteiger partial charge in [0.15, 0.2) is 0 Å². The van der Waals surface area contributed by atoms with Crippen LogP contribution in [0.25, 0.3) is 0 Å². The van der Waals surface area contributed by atoms with Crippen LogP contribution in [0.4, 0.5) is 0 Å². The van der Waals surface area contributed by atoms with E-state index in [1.54, 1.807) is 7.11 Å². The fraction of sp³-hybridized carbons (Fsp3) is 0.571. The molecule has 1 saturated carbocycles. The van der Waals surface area contributed by atoms with Gasteiger partial charge in [-0.15, -0.1) is 0 Å². The Morgan fingerprint density at radius 3 is 2.88 bits per heavy atom. The van der Waals surface area contributed by atoms with Gasteiger partial charge in [-0.2, -0.15) is 0 Å². The summed E-state index contributed by atoms with van der Waals surface area (Å²) >= 11 is 0. The molecule has 0 radical (unpaired) electrons. The first-order valence-corrected chi connectivity index (χ1v) is 6.08. The predicted molar refractivity (Wildman–Crippen MR) is 66.8 cm³/mol. The van der Waals surface area contributed by atoms with E-state index < -0.39 is 0 Å². The van der Waals surface area contributed by atoms with Crippen LogP contribution in [0.3, 0.4) is 0 Å². The molecule has 0 bridgehead atoms. The Labute approximate surface area is 98.0 Å². The molecule has 0 saturated heterocycles. The normalized spacial score (nSPS) is 17.4. The third-order valence-corrected chi connectivity index (χ3v) is 3.11. The van der Waals surface area contributed by atoms with Gasteiger partial charge in [0.1, 0.15) is 0 Å². The van der Waals surface area contributed by atoms with Crippen molar-refractivity contribution in [3.8, 4) is 0 Å². The molecule has 2 nitrogen and oxygen atoms in total. The SMILES string of the molecule is COCC(CNC1CC1)c1cccc(C)c1. The Bertz CT molecular complexity index is 333. The highest BCUT2D eigenvalue weighted by molar-refractivity contribution is 5.26. The first-order valence-electron chi connectivity index (χ1n) is 6.08. The largest absolute Gasteiger partial charge is 0.384 e. The Kier molecular flexibility index (Phi) is 3.97. The van der Waals surface area contributed by atoms with Crippen LogP contribution in [-0.2, 0) is 4.74 Å². The summed E-state index contributed by atoms with van der Waals surface area (Å²) in [6, 6.07) is 9.50. The molecule has 0 spiro atoms. The molecular weight excluding hydrogens is 198 g/mol. The van der Waals surface area contributed by atoms with Gasteiger partial charge in [-0.1, -0.05) is 29.8 Å². The zero-order chi connectivity index (χ0) is 11.4. The van der Waals surface area contributed by atoms with E-state index in [9.17, 15) is 0 Å². The quantitative estimate of drug-likeness (QED) is 0.793. The number of hydrogen-bond donors (Lipinski definition) is 1. The van der Waals surface area contributed by atoms with E-state index in [0.29, 0.717) is 5.92 Å². The second-order valence-corrected chi connectivity index (χ2v) is 4.75. The summed E-state index contributed by atoms with van der Waals surface area (Å²) in [6.07, 6.45) is 2.68. The molecule has 0 amide bonds. The molecule has 1 atom stereocenters. The number of methoxy groups -OCH3 is 1. The molecule has 0 heterocycles. The van der Waals surface area contributed by atoms with Gasteiger partial charge in [0.25, 0.3) is 0 Å². The van der Waals surface area contributed by atoms with Gasteiger partial charge in [-0.25, -0.2) is 0 Å².